The van der Waals surface area contributed by atoms with Gasteiger partial charge in [0.05, 0.1) is 19.3 Å². The Morgan fingerprint density at radius 3 is 2.43 bits per heavy atom. The molecule has 4 nitrogen and oxygen atoms in total. The first-order chi connectivity index (χ1) is 6.62. The summed E-state index contributed by atoms with van der Waals surface area (Å²) in [5.74, 6) is 0. The molecule has 5 heteroatoms. The Hall–Kier alpha value is -0.150. The van der Waals surface area contributed by atoms with Gasteiger partial charge in [0.2, 0.25) is 0 Å². The zero-order valence-corrected chi connectivity index (χ0v) is 9.50. The highest BCUT2D eigenvalue weighted by Crippen LogP contribution is 2.59. The third kappa shape index (κ3) is 2.67. The molecule has 82 valence electrons. The van der Waals surface area contributed by atoms with Crippen LogP contribution in [0.5, 0.6) is 0 Å². The third-order valence-electron chi connectivity index (χ3n) is 2.03. The lowest BCUT2D eigenvalue weighted by Gasteiger charge is -2.17. The van der Waals surface area contributed by atoms with Crippen molar-refractivity contribution < 1.29 is 18.7 Å². The molecule has 0 aromatic heterocycles. The van der Waals surface area contributed by atoms with Gasteiger partial charge in [-0.2, -0.15) is 0 Å². The van der Waals surface area contributed by atoms with Crippen molar-refractivity contribution in [3.63, 3.8) is 0 Å². The van der Waals surface area contributed by atoms with Crippen LogP contribution in [-0.2, 0) is 13.6 Å². The van der Waals surface area contributed by atoms with E-state index in [0.717, 1.165) is 0 Å². The van der Waals surface area contributed by atoms with Crippen molar-refractivity contribution in [1.29, 1.82) is 0 Å². The number of rotatable bonds is 5. The lowest BCUT2D eigenvalue weighted by molar-refractivity contribution is 0.223. The van der Waals surface area contributed by atoms with Gasteiger partial charge in [-0.1, -0.05) is 0 Å². The summed E-state index contributed by atoms with van der Waals surface area (Å²) in [6, 6.07) is 0. The minimum Gasteiger partial charge on any atom is -0.389 e. The molecule has 0 fully saturated rings. The van der Waals surface area contributed by atoms with Crippen molar-refractivity contribution in [2.75, 3.05) is 13.2 Å². The summed E-state index contributed by atoms with van der Waals surface area (Å²) in [7, 11) is -3.10. The molecule has 0 spiro atoms. The average molecular weight is 220 g/mol. The maximum absolute atomic E-state index is 12.1. The van der Waals surface area contributed by atoms with Gasteiger partial charge in [-0.05, 0) is 32.8 Å². The lowest BCUT2D eigenvalue weighted by atomic mass is 10.3. The molecule has 1 aliphatic carbocycles. The van der Waals surface area contributed by atoms with E-state index in [0.29, 0.717) is 31.4 Å². The fraction of sp³-hybridized carbons (Fsp3) is 0.778. The molecule has 1 unspecified atom stereocenters. The van der Waals surface area contributed by atoms with Crippen molar-refractivity contribution in [3.8, 4) is 0 Å². The Kier molecular flexibility index (Phi) is 4.32. The Labute approximate surface area is 84.4 Å². The van der Waals surface area contributed by atoms with E-state index >= 15 is 0 Å². The molecule has 0 saturated carbocycles. The second kappa shape index (κ2) is 5.08. The molecule has 1 N–H and O–H groups in total. The minimum absolute atomic E-state index is 0.352. The second-order valence-corrected chi connectivity index (χ2v) is 5.18. The van der Waals surface area contributed by atoms with Gasteiger partial charge in [0, 0.05) is 5.31 Å². The van der Waals surface area contributed by atoms with Crippen LogP contribution in [0.3, 0.4) is 0 Å². The molecule has 1 rings (SSSR count). The molecule has 0 bridgehead atoms. The smallest absolute Gasteiger partial charge is 0.357 e. The molecule has 0 aromatic rings. The van der Waals surface area contributed by atoms with Crippen LogP contribution < -0.4 is 0 Å². The number of hydrogen-bond acceptors (Lipinski definition) is 4. The fourth-order valence-electron chi connectivity index (χ4n) is 1.46. The maximum atomic E-state index is 12.1. The Morgan fingerprint density at radius 1 is 1.50 bits per heavy atom. The van der Waals surface area contributed by atoms with Crippen LogP contribution in [0.4, 0.5) is 0 Å². The number of hydrogen-bond donors (Lipinski definition) is 1. The monoisotopic (exact) mass is 220 g/mol. The summed E-state index contributed by atoms with van der Waals surface area (Å²) in [5, 5.41) is 9.91. The van der Waals surface area contributed by atoms with Gasteiger partial charge in [-0.25, -0.2) is 0 Å². The maximum Gasteiger partial charge on any atom is 0.357 e. The summed E-state index contributed by atoms with van der Waals surface area (Å²) in [6.07, 6.45) is 2.29. The standard InChI is InChI=1S/C9H17O4P/c1-3-12-14(11,13-4-2)9-6-5-8(10)7-9/h7-8,10H,3-6H2,1-2H3. The van der Waals surface area contributed by atoms with Crippen molar-refractivity contribution in [2.45, 2.75) is 32.8 Å². The zero-order chi connectivity index (χ0) is 10.6. The van der Waals surface area contributed by atoms with Gasteiger partial charge in [-0.3, -0.25) is 4.57 Å². The van der Waals surface area contributed by atoms with Gasteiger partial charge in [0.1, 0.15) is 0 Å². The van der Waals surface area contributed by atoms with Gasteiger partial charge in [0.25, 0.3) is 0 Å². The van der Waals surface area contributed by atoms with Crippen molar-refractivity contribution in [2.24, 2.45) is 0 Å². The summed E-state index contributed by atoms with van der Waals surface area (Å²) in [4.78, 5) is 0. The average Bonchev–Trinajstić information content (AvgIpc) is 2.53. The van der Waals surface area contributed by atoms with Crippen LogP contribution in [0.1, 0.15) is 26.7 Å². The first kappa shape index (κ1) is 11.9. The molecule has 0 amide bonds. The SMILES string of the molecule is CCOP(=O)(OCC)C1=CC(O)CC1. The molecule has 14 heavy (non-hydrogen) atoms. The van der Waals surface area contributed by atoms with Crippen LogP contribution in [0.2, 0.25) is 0 Å². The predicted octanol–water partition coefficient (Wildman–Crippen LogP) is 2.29. The molecular weight excluding hydrogens is 203 g/mol. The van der Waals surface area contributed by atoms with E-state index in [1.807, 2.05) is 0 Å². The summed E-state index contributed by atoms with van der Waals surface area (Å²) in [6.45, 7) is 4.25. The van der Waals surface area contributed by atoms with Crippen molar-refractivity contribution >= 4 is 7.60 Å². The van der Waals surface area contributed by atoms with E-state index in [1.54, 1.807) is 19.9 Å². The first-order valence-corrected chi connectivity index (χ1v) is 6.45. The molecule has 1 aliphatic rings. The zero-order valence-electron chi connectivity index (χ0n) is 8.60. The van der Waals surface area contributed by atoms with Crippen molar-refractivity contribution in [1.82, 2.24) is 0 Å². The topological polar surface area (TPSA) is 55.8 Å². The normalized spacial score (nSPS) is 22.5. The largest absolute Gasteiger partial charge is 0.389 e. The van der Waals surface area contributed by atoms with E-state index in [1.165, 1.54) is 0 Å². The fourth-order valence-corrected chi connectivity index (χ4v) is 3.30. The summed E-state index contributed by atoms with van der Waals surface area (Å²) < 4.78 is 22.4. The van der Waals surface area contributed by atoms with Gasteiger partial charge in [0.15, 0.2) is 0 Å². The highest BCUT2D eigenvalue weighted by atomic mass is 31.2. The lowest BCUT2D eigenvalue weighted by Crippen LogP contribution is -1.97. The van der Waals surface area contributed by atoms with Gasteiger partial charge < -0.3 is 14.2 Å². The van der Waals surface area contributed by atoms with Crippen LogP contribution in [0.15, 0.2) is 11.4 Å². The molecule has 0 aromatic carbocycles. The molecule has 0 heterocycles. The second-order valence-electron chi connectivity index (χ2n) is 3.10. The van der Waals surface area contributed by atoms with Crippen LogP contribution in [0.25, 0.3) is 0 Å². The van der Waals surface area contributed by atoms with Crippen LogP contribution in [-0.4, -0.2) is 24.4 Å². The van der Waals surface area contributed by atoms with E-state index < -0.39 is 13.7 Å². The highest BCUT2D eigenvalue weighted by molar-refractivity contribution is 7.58. The number of aliphatic hydroxyl groups is 1. The van der Waals surface area contributed by atoms with E-state index in [2.05, 4.69) is 0 Å². The molecule has 0 saturated heterocycles. The molecular formula is C9H17O4P. The van der Waals surface area contributed by atoms with Crippen molar-refractivity contribution in [3.05, 3.63) is 11.4 Å². The first-order valence-electron chi connectivity index (χ1n) is 4.90. The van der Waals surface area contributed by atoms with E-state index in [-0.39, 0.29) is 0 Å². The third-order valence-corrected chi connectivity index (χ3v) is 4.30. The summed E-state index contributed by atoms with van der Waals surface area (Å²) >= 11 is 0. The van der Waals surface area contributed by atoms with Crippen LogP contribution in [0, 0.1) is 0 Å². The molecule has 1 atom stereocenters. The molecule has 0 aliphatic heterocycles. The highest BCUT2D eigenvalue weighted by Gasteiger charge is 2.32. The Bertz CT molecular complexity index is 252. The van der Waals surface area contributed by atoms with Gasteiger partial charge in [-0.15, -0.1) is 0 Å². The quantitative estimate of drug-likeness (QED) is 0.722. The number of aliphatic hydroxyl groups excluding tert-OH is 1. The minimum atomic E-state index is -3.10. The Balaban J connectivity index is 2.77. The predicted molar refractivity (Wildman–Crippen MR) is 54.2 cm³/mol. The van der Waals surface area contributed by atoms with Crippen LogP contribution >= 0.6 is 7.60 Å². The van der Waals surface area contributed by atoms with E-state index in [9.17, 15) is 9.67 Å². The molecule has 0 radical (unpaired) electrons. The number of allylic oxidation sites excluding steroid dienone is 1. The summed E-state index contributed by atoms with van der Waals surface area (Å²) in [5.41, 5.74) is 0. The Morgan fingerprint density at radius 2 is 2.07 bits per heavy atom. The van der Waals surface area contributed by atoms with E-state index in [4.69, 9.17) is 9.05 Å². The van der Waals surface area contributed by atoms with Gasteiger partial charge >= 0.3 is 7.60 Å².